The van der Waals surface area contributed by atoms with Crippen molar-refractivity contribution < 1.29 is 14.3 Å². The SMILES string of the molecule is CNC(=O)C1CCN(C(=O)c2ccncc2OC)CC1. The van der Waals surface area contributed by atoms with Crippen LogP contribution in [0.2, 0.25) is 0 Å². The molecule has 2 amide bonds. The summed E-state index contributed by atoms with van der Waals surface area (Å²) in [4.78, 5) is 29.7. The third-order valence-electron chi connectivity index (χ3n) is 3.63. The first-order valence-electron chi connectivity index (χ1n) is 6.66. The molecule has 0 aromatic carbocycles. The van der Waals surface area contributed by atoms with E-state index in [1.165, 1.54) is 13.3 Å². The Kier molecular flexibility index (Phi) is 4.55. The maximum atomic E-state index is 12.4. The second-order valence-corrected chi connectivity index (χ2v) is 4.76. The maximum absolute atomic E-state index is 12.4. The number of pyridine rings is 1. The van der Waals surface area contributed by atoms with Gasteiger partial charge in [-0.3, -0.25) is 14.6 Å². The standard InChI is InChI=1S/C14H19N3O3/c1-15-13(18)10-4-7-17(8-5-10)14(19)11-3-6-16-9-12(11)20-2/h3,6,9-10H,4-5,7-8H2,1-2H3,(H,15,18). The Bertz CT molecular complexity index is 496. The largest absolute Gasteiger partial charge is 0.494 e. The van der Waals surface area contributed by atoms with E-state index >= 15 is 0 Å². The van der Waals surface area contributed by atoms with E-state index in [1.807, 2.05) is 0 Å². The summed E-state index contributed by atoms with van der Waals surface area (Å²) in [5, 5.41) is 2.66. The second kappa shape index (κ2) is 6.36. The van der Waals surface area contributed by atoms with Gasteiger partial charge in [-0.15, -0.1) is 0 Å². The van der Waals surface area contributed by atoms with E-state index in [4.69, 9.17) is 4.74 Å². The molecule has 6 heteroatoms. The van der Waals surface area contributed by atoms with E-state index in [1.54, 1.807) is 24.2 Å². The fourth-order valence-corrected chi connectivity index (χ4v) is 2.44. The van der Waals surface area contributed by atoms with Crippen LogP contribution in [0.4, 0.5) is 0 Å². The van der Waals surface area contributed by atoms with Gasteiger partial charge in [0.05, 0.1) is 18.9 Å². The van der Waals surface area contributed by atoms with Gasteiger partial charge in [0.15, 0.2) is 0 Å². The number of carbonyl (C=O) groups excluding carboxylic acids is 2. The number of hydrogen-bond acceptors (Lipinski definition) is 4. The van der Waals surface area contributed by atoms with Gasteiger partial charge in [-0.05, 0) is 18.9 Å². The minimum atomic E-state index is -0.0698. The van der Waals surface area contributed by atoms with Crippen molar-refractivity contribution in [2.24, 2.45) is 5.92 Å². The molecule has 0 unspecified atom stereocenters. The molecule has 0 aliphatic carbocycles. The molecule has 2 rings (SSSR count). The highest BCUT2D eigenvalue weighted by molar-refractivity contribution is 5.96. The number of carbonyl (C=O) groups is 2. The van der Waals surface area contributed by atoms with Crippen molar-refractivity contribution in [2.75, 3.05) is 27.2 Å². The molecule has 0 bridgehead atoms. The molecule has 108 valence electrons. The summed E-state index contributed by atoms with van der Waals surface area (Å²) in [6.07, 6.45) is 4.50. The van der Waals surface area contributed by atoms with E-state index in [0.29, 0.717) is 37.2 Å². The normalized spacial score (nSPS) is 15.8. The molecular weight excluding hydrogens is 258 g/mol. The van der Waals surface area contributed by atoms with Crippen LogP contribution in [0.3, 0.4) is 0 Å². The predicted octanol–water partition coefficient (Wildman–Crippen LogP) is 0.688. The molecule has 1 saturated heterocycles. The number of piperidine rings is 1. The molecule has 1 fully saturated rings. The lowest BCUT2D eigenvalue weighted by Gasteiger charge is -2.31. The molecule has 1 N–H and O–H groups in total. The van der Waals surface area contributed by atoms with Crippen LogP contribution in [0.1, 0.15) is 23.2 Å². The van der Waals surface area contributed by atoms with Crippen molar-refractivity contribution in [2.45, 2.75) is 12.8 Å². The summed E-state index contributed by atoms with van der Waals surface area (Å²) in [5.41, 5.74) is 0.515. The number of aromatic nitrogens is 1. The average molecular weight is 277 g/mol. The number of hydrogen-bond donors (Lipinski definition) is 1. The van der Waals surface area contributed by atoms with Crippen LogP contribution < -0.4 is 10.1 Å². The van der Waals surface area contributed by atoms with Gasteiger partial charge in [-0.2, -0.15) is 0 Å². The Hall–Kier alpha value is -2.11. The lowest BCUT2D eigenvalue weighted by atomic mass is 9.95. The third kappa shape index (κ3) is 2.89. The van der Waals surface area contributed by atoms with Gasteiger partial charge in [-0.25, -0.2) is 0 Å². The van der Waals surface area contributed by atoms with Gasteiger partial charge in [0, 0.05) is 32.3 Å². The first-order chi connectivity index (χ1) is 9.67. The molecule has 0 atom stereocenters. The molecule has 0 spiro atoms. The number of likely N-dealkylation sites (tertiary alicyclic amines) is 1. The molecule has 1 aromatic rings. The number of ether oxygens (including phenoxy) is 1. The van der Waals surface area contributed by atoms with Crippen LogP contribution in [0.25, 0.3) is 0 Å². The number of nitrogens with one attached hydrogen (secondary N) is 1. The molecule has 20 heavy (non-hydrogen) atoms. The zero-order valence-electron chi connectivity index (χ0n) is 11.8. The van der Waals surface area contributed by atoms with Gasteiger partial charge < -0.3 is 15.0 Å². The lowest BCUT2D eigenvalue weighted by Crippen LogP contribution is -2.42. The average Bonchev–Trinajstić information content (AvgIpc) is 2.53. The Balaban J connectivity index is 2.03. The summed E-state index contributed by atoms with van der Waals surface area (Å²) in [6, 6.07) is 1.66. The molecule has 6 nitrogen and oxygen atoms in total. The van der Waals surface area contributed by atoms with Crippen molar-refractivity contribution in [1.82, 2.24) is 15.2 Å². The summed E-state index contributed by atoms with van der Waals surface area (Å²) < 4.78 is 5.16. The van der Waals surface area contributed by atoms with Crippen LogP contribution >= 0.6 is 0 Å². The monoisotopic (exact) mass is 277 g/mol. The topological polar surface area (TPSA) is 71.5 Å². The fraction of sp³-hybridized carbons (Fsp3) is 0.500. The predicted molar refractivity (Wildman–Crippen MR) is 73.5 cm³/mol. The van der Waals surface area contributed by atoms with Crippen LogP contribution in [0, 0.1) is 5.92 Å². The van der Waals surface area contributed by atoms with Crippen molar-refractivity contribution in [1.29, 1.82) is 0 Å². The smallest absolute Gasteiger partial charge is 0.257 e. The van der Waals surface area contributed by atoms with Gasteiger partial charge in [0.2, 0.25) is 5.91 Å². The first kappa shape index (κ1) is 14.3. The number of nitrogens with zero attached hydrogens (tertiary/aromatic N) is 2. The fourth-order valence-electron chi connectivity index (χ4n) is 2.44. The minimum Gasteiger partial charge on any atom is -0.494 e. The molecule has 1 aromatic heterocycles. The van der Waals surface area contributed by atoms with Crippen molar-refractivity contribution >= 4 is 11.8 Å². The van der Waals surface area contributed by atoms with Crippen molar-refractivity contribution in [3.63, 3.8) is 0 Å². The number of methoxy groups -OCH3 is 1. The van der Waals surface area contributed by atoms with Gasteiger partial charge >= 0.3 is 0 Å². The number of rotatable bonds is 3. The van der Waals surface area contributed by atoms with E-state index in [0.717, 1.165) is 0 Å². The molecular formula is C14H19N3O3. The van der Waals surface area contributed by atoms with Gasteiger partial charge in [-0.1, -0.05) is 0 Å². The lowest BCUT2D eigenvalue weighted by molar-refractivity contribution is -0.125. The summed E-state index contributed by atoms with van der Waals surface area (Å²) in [7, 11) is 3.16. The summed E-state index contributed by atoms with van der Waals surface area (Å²) >= 11 is 0. The Morgan fingerprint density at radius 2 is 2.10 bits per heavy atom. The molecule has 0 radical (unpaired) electrons. The van der Waals surface area contributed by atoms with E-state index < -0.39 is 0 Å². The van der Waals surface area contributed by atoms with E-state index in [-0.39, 0.29) is 17.7 Å². The Labute approximate surface area is 118 Å². The Morgan fingerprint density at radius 3 is 2.70 bits per heavy atom. The molecule has 1 aliphatic heterocycles. The van der Waals surface area contributed by atoms with Crippen LogP contribution in [-0.4, -0.2) is 48.9 Å². The summed E-state index contributed by atoms with van der Waals surface area (Å²) in [5.74, 6) is 0.465. The van der Waals surface area contributed by atoms with Crippen LogP contribution in [0.15, 0.2) is 18.5 Å². The van der Waals surface area contributed by atoms with E-state index in [2.05, 4.69) is 10.3 Å². The van der Waals surface area contributed by atoms with Gasteiger partial charge in [0.25, 0.3) is 5.91 Å². The molecule has 1 aliphatic rings. The Morgan fingerprint density at radius 1 is 1.40 bits per heavy atom. The quantitative estimate of drug-likeness (QED) is 0.882. The van der Waals surface area contributed by atoms with Crippen LogP contribution in [-0.2, 0) is 4.79 Å². The zero-order valence-corrected chi connectivity index (χ0v) is 11.8. The minimum absolute atomic E-state index is 0.00313. The second-order valence-electron chi connectivity index (χ2n) is 4.76. The molecule has 0 saturated carbocycles. The first-order valence-corrected chi connectivity index (χ1v) is 6.66. The highest BCUT2D eigenvalue weighted by Gasteiger charge is 2.28. The van der Waals surface area contributed by atoms with Gasteiger partial charge in [0.1, 0.15) is 5.75 Å². The summed E-state index contributed by atoms with van der Waals surface area (Å²) in [6.45, 7) is 1.17. The number of amides is 2. The van der Waals surface area contributed by atoms with E-state index in [9.17, 15) is 9.59 Å². The third-order valence-corrected chi connectivity index (χ3v) is 3.63. The van der Waals surface area contributed by atoms with Crippen molar-refractivity contribution in [3.05, 3.63) is 24.0 Å². The highest BCUT2D eigenvalue weighted by Crippen LogP contribution is 2.22. The highest BCUT2D eigenvalue weighted by atomic mass is 16.5. The molecule has 2 heterocycles. The van der Waals surface area contributed by atoms with Crippen molar-refractivity contribution in [3.8, 4) is 5.75 Å². The maximum Gasteiger partial charge on any atom is 0.257 e. The zero-order chi connectivity index (χ0) is 14.5. The van der Waals surface area contributed by atoms with Crippen LogP contribution in [0.5, 0.6) is 5.75 Å².